The summed E-state index contributed by atoms with van der Waals surface area (Å²) in [5.74, 6) is 2.57. The molecule has 1 aromatic rings. The summed E-state index contributed by atoms with van der Waals surface area (Å²) in [4.78, 5) is 0. The molecular weight excluding hydrogens is 272 g/mol. The smallest absolute Gasteiger partial charge is 0.274 e. The summed E-state index contributed by atoms with van der Waals surface area (Å²) < 4.78 is 32.2. The molecule has 0 bridgehead atoms. The highest BCUT2D eigenvalue weighted by molar-refractivity contribution is 7.99. The Morgan fingerprint density at radius 1 is 1.50 bits per heavy atom. The summed E-state index contributed by atoms with van der Waals surface area (Å²) in [6, 6.07) is 3.21. The van der Waals surface area contributed by atoms with E-state index in [2.05, 4.69) is 10.0 Å². The first-order valence-electron chi connectivity index (χ1n) is 5.95. The molecule has 1 fully saturated rings. The Bertz CT molecular complexity index is 478. The largest absolute Gasteiger partial charge is 0.447 e. The van der Waals surface area contributed by atoms with Gasteiger partial charge in [-0.1, -0.05) is 0 Å². The van der Waals surface area contributed by atoms with E-state index in [1.807, 2.05) is 0 Å². The zero-order valence-electron chi connectivity index (χ0n) is 10.3. The summed E-state index contributed by atoms with van der Waals surface area (Å²) >= 11 is 1.78. The van der Waals surface area contributed by atoms with E-state index in [4.69, 9.17) is 4.42 Å². The van der Waals surface area contributed by atoms with E-state index < -0.39 is 10.0 Å². The zero-order chi connectivity index (χ0) is 13.0. The fourth-order valence-corrected chi connectivity index (χ4v) is 4.28. The lowest BCUT2D eigenvalue weighted by Crippen LogP contribution is -2.38. The number of hydrogen-bond acceptors (Lipinski definition) is 5. The summed E-state index contributed by atoms with van der Waals surface area (Å²) in [5, 5.41) is 2.92. The van der Waals surface area contributed by atoms with Crippen LogP contribution < -0.4 is 10.0 Å². The molecule has 1 aromatic heterocycles. The van der Waals surface area contributed by atoms with Crippen molar-refractivity contribution in [1.82, 2.24) is 10.0 Å². The molecule has 2 heterocycles. The Labute approximate surface area is 112 Å². The van der Waals surface area contributed by atoms with Gasteiger partial charge in [-0.3, -0.25) is 0 Å². The summed E-state index contributed by atoms with van der Waals surface area (Å²) in [7, 11) is -1.73. The topological polar surface area (TPSA) is 71.3 Å². The predicted octanol–water partition coefficient (Wildman–Crippen LogP) is 1.17. The standard InChI is InChI=1S/C11H18N2O3S2/c1-12-7-10-4-5-11(16-10)18(14,15)13-9-3-2-6-17-8-9/h4-5,9,12-13H,2-3,6-8H2,1H3. The molecule has 1 saturated heterocycles. The van der Waals surface area contributed by atoms with Crippen LogP contribution in [-0.4, -0.2) is 33.0 Å². The van der Waals surface area contributed by atoms with Gasteiger partial charge in [0.1, 0.15) is 5.76 Å². The molecule has 0 aliphatic carbocycles. The Morgan fingerprint density at radius 2 is 2.33 bits per heavy atom. The molecule has 0 aromatic carbocycles. The highest BCUT2D eigenvalue weighted by Gasteiger charge is 2.24. The number of thioether (sulfide) groups is 1. The number of furan rings is 1. The molecule has 102 valence electrons. The second kappa shape index (κ2) is 6.10. The van der Waals surface area contributed by atoms with Gasteiger partial charge in [0.25, 0.3) is 10.0 Å². The lowest BCUT2D eigenvalue weighted by molar-refractivity contribution is 0.402. The summed E-state index contributed by atoms with van der Waals surface area (Å²) in [6.07, 6.45) is 1.96. The van der Waals surface area contributed by atoms with Crippen LogP contribution in [0.5, 0.6) is 0 Å². The third-order valence-corrected chi connectivity index (χ3v) is 5.34. The van der Waals surface area contributed by atoms with E-state index >= 15 is 0 Å². The number of hydrogen-bond donors (Lipinski definition) is 2. The fourth-order valence-electron chi connectivity index (χ4n) is 1.88. The minimum absolute atomic E-state index is 0.00308. The molecule has 7 heteroatoms. The van der Waals surface area contributed by atoms with Gasteiger partial charge in [0.2, 0.25) is 5.09 Å². The highest BCUT2D eigenvalue weighted by atomic mass is 32.2. The fraction of sp³-hybridized carbons (Fsp3) is 0.636. The van der Waals surface area contributed by atoms with Gasteiger partial charge in [-0.15, -0.1) is 0 Å². The van der Waals surface area contributed by atoms with Crippen LogP contribution in [0, 0.1) is 0 Å². The van der Waals surface area contributed by atoms with Crippen molar-refractivity contribution < 1.29 is 12.8 Å². The van der Waals surface area contributed by atoms with Crippen molar-refractivity contribution in [1.29, 1.82) is 0 Å². The first-order valence-corrected chi connectivity index (χ1v) is 8.59. The number of nitrogens with one attached hydrogen (secondary N) is 2. The van der Waals surface area contributed by atoms with Crippen LogP contribution in [0.3, 0.4) is 0 Å². The molecular formula is C11H18N2O3S2. The molecule has 2 N–H and O–H groups in total. The molecule has 0 radical (unpaired) electrons. The monoisotopic (exact) mass is 290 g/mol. The number of sulfonamides is 1. The Morgan fingerprint density at radius 3 is 3.00 bits per heavy atom. The summed E-state index contributed by atoms with van der Waals surface area (Å²) in [5.41, 5.74) is 0. The highest BCUT2D eigenvalue weighted by Crippen LogP contribution is 2.20. The van der Waals surface area contributed by atoms with E-state index in [9.17, 15) is 8.42 Å². The van der Waals surface area contributed by atoms with Crippen molar-refractivity contribution in [2.45, 2.75) is 30.5 Å². The van der Waals surface area contributed by atoms with Gasteiger partial charge in [0, 0.05) is 11.8 Å². The SMILES string of the molecule is CNCc1ccc(S(=O)(=O)NC2CCCSC2)o1. The first-order chi connectivity index (χ1) is 8.62. The lowest BCUT2D eigenvalue weighted by Gasteiger charge is -2.21. The van der Waals surface area contributed by atoms with Crippen LogP contribution in [0.1, 0.15) is 18.6 Å². The summed E-state index contributed by atoms with van der Waals surface area (Å²) in [6.45, 7) is 0.523. The van der Waals surface area contributed by atoms with Gasteiger partial charge in [0.05, 0.1) is 6.54 Å². The molecule has 5 nitrogen and oxygen atoms in total. The van der Waals surface area contributed by atoms with Crippen LogP contribution in [0.4, 0.5) is 0 Å². The second-order valence-corrected chi connectivity index (χ2v) is 7.08. The third-order valence-electron chi connectivity index (χ3n) is 2.73. The average Bonchev–Trinajstić information content (AvgIpc) is 2.80. The quantitative estimate of drug-likeness (QED) is 0.852. The maximum Gasteiger partial charge on any atom is 0.274 e. The molecule has 1 atom stereocenters. The third kappa shape index (κ3) is 3.50. The Hall–Kier alpha value is -0.500. The van der Waals surface area contributed by atoms with Crippen molar-refractivity contribution in [3.8, 4) is 0 Å². The Balaban J connectivity index is 2.04. The average molecular weight is 290 g/mol. The van der Waals surface area contributed by atoms with Crippen molar-refractivity contribution in [3.05, 3.63) is 17.9 Å². The molecule has 2 rings (SSSR count). The van der Waals surface area contributed by atoms with Crippen molar-refractivity contribution in [2.24, 2.45) is 0 Å². The van der Waals surface area contributed by atoms with Gasteiger partial charge in [-0.2, -0.15) is 11.8 Å². The maximum atomic E-state index is 12.1. The Kier molecular flexibility index (Phi) is 4.71. The van der Waals surface area contributed by atoms with E-state index in [0.717, 1.165) is 24.3 Å². The van der Waals surface area contributed by atoms with Crippen LogP contribution in [-0.2, 0) is 16.6 Å². The predicted molar refractivity (Wildman–Crippen MR) is 72.1 cm³/mol. The number of rotatable bonds is 5. The normalized spacial score (nSPS) is 21.1. The first kappa shape index (κ1) is 13.9. The zero-order valence-corrected chi connectivity index (χ0v) is 11.9. The van der Waals surface area contributed by atoms with E-state index in [1.165, 1.54) is 6.07 Å². The minimum atomic E-state index is -3.52. The van der Waals surface area contributed by atoms with Gasteiger partial charge >= 0.3 is 0 Å². The molecule has 1 unspecified atom stereocenters. The molecule has 0 amide bonds. The van der Waals surface area contributed by atoms with Gasteiger partial charge in [-0.05, 0) is 37.8 Å². The lowest BCUT2D eigenvalue weighted by atomic mass is 10.2. The van der Waals surface area contributed by atoms with E-state index in [-0.39, 0.29) is 11.1 Å². The van der Waals surface area contributed by atoms with Gasteiger partial charge in [-0.25, -0.2) is 13.1 Å². The minimum Gasteiger partial charge on any atom is -0.447 e. The van der Waals surface area contributed by atoms with Crippen LogP contribution in [0.2, 0.25) is 0 Å². The molecule has 0 spiro atoms. The van der Waals surface area contributed by atoms with Crippen molar-refractivity contribution >= 4 is 21.8 Å². The molecule has 1 aliphatic rings. The van der Waals surface area contributed by atoms with Crippen molar-refractivity contribution in [3.63, 3.8) is 0 Å². The van der Waals surface area contributed by atoms with E-state index in [1.54, 1.807) is 24.9 Å². The molecule has 18 heavy (non-hydrogen) atoms. The van der Waals surface area contributed by atoms with Crippen LogP contribution in [0.25, 0.3) is 0 Å². The second-order valence-electron chi connectivity index (χ2n) is 4.29. The van der Waals surface area contributed by atoms with Crippen molar-refractivity contribution in [2.75, 3.05) is 18.6 Å². The van der Waals surface area contributed by atoms with Gasteiger partial charge in [0.15, 0.2) is 0 Å². The van der Waals surface area contributed by atoms with Crippen LogP contribution >= 0.6 is 11.8 Å². The molecule has 1 aliphatic heterocycles. The van der Waals surface area contributed by atoms with E-state index in [0.29, 0.717) is 12.3 Å². The maximum absolute atomic E-state index is 12.1. The molecule has 0 saturated carbocycles. The van der Waals surface area contributed by atoms with Gasteiger partial charge < -0.3 is 9.73 Å². The van der Waals surface area contributed by atoms with Crippen LogP contribution in [0.15, 0.2) is 21.6 Å².